The van der Waals surface area contributed by atoms with E-state index >= 15 is 0 Å². The Morgan fingerprint density at radius 2 is 1.83 bits per heavy atom. The Bertz CT molecular complexity index is 1750. The normalized spacial score (nSPS) is 12.9. The number of aryl methyl sites for hydroxylation is 1. The standard InChI is InChI=1S/C22H18BrF3N2O4S.C6H8N2O/c1-13-6-8-17(21(30)28(13)16-5-3-4-15(11-16)22(24,25)26)20(29)27-12-14-7-9-19(18(23)10-14)33(2,31)32;7-6(9)5-2-1-3-8-4-5/h3-11H,12H2,1-2H3,(H,27,29);1-3,8H,4H2,(H2,7,9). The second kappa shape index (κ2) is 13.2. The second-order valence-electron chi connectivity index (χ2n) is 9.09. The number of hydrogen-bond acceptors (Lipinski definition) is 6. The number of nitrogens with two attached hydrogens (primary N) is 1. The van der Waals surface area contributed by atoms with E-state index in [1.807, 2.05) is 0 Å². The van der Waals surface area contributed by atoms with Crippen molar-refractivity contribution in [3.8, 4) is 5.69 Å². The summed E-state index contributed by atoms with van der Waals surface area (Å²) in [4.78, 5) is 36.2. The van der Waals surface area contributed by atoms with Gasteiger partial charge in [0.15, 0.2) is 9.84 Å². The highest BCUT2D eigenvalue weighted by Crippen LogP contribution is 2.30. The molecule has 4 rings (SSSR count). The maximum absolute atomic E-state index is 13.1. The molecular weight excluding hydrogens is 641 g/mol. The molecule has 2 aromatic carbocycles. The van der Waals surface area contributed by atoms with Crippen LogP contribution >= 0.6 is 15.9 Å². The Labute approximate surface area is 248 Å². The highest BCUT2D eigenvalue weighted by atomic mass is 79.9. The number of alkyl halides is 3. The lowest BCUT2D eigenvalue weighted by Crippen LogP contribution is -2.33. The smallest absolute Gasteiger partial charge is 0.387 e. The molecule has 1 aliphatic rings. The lowest BCUT2D eigenvalue weighted by atomic mass is 10.1. The first-order chi connectivity index (χ1) is 19.6. The summed E-state index contributed by atoms with van der Waals surface area (Å²) >= 11 is 3.18. The van der Waals surface area contributed by atoms with Crippen molar-refractivity contribution < 1.29 is 31.2 Å². The third-order valence-corrected chi connectivity index (χ3v) is 8.00. The molecule has 0 aliphatic carbocycles. The minimum atomic E-state index is -4.58. The number of dihydropyridines is 1. The van der Waals surface area contributed by atoms with Crippen LogP contribution in [0.15, 0.2) is 92.7 Å². The van der Waals surface area contributed by atoms with E-state index in [2.05, 4.69) is 26.6 Å². The first-order valence-corrected chi connectivity index (χ1v) is 14.8. The molecule has 0 unspecified atom stereocenters. The SMILES string of the molecule is Cc1ccc(C(=O)NCc2ccc(S(C)(=O)=O)c(Br)c2)c(=O)n1-c1cccc(C(F)(F)F)c1.NC(=O)C1=CC=CNC1. The van der Waals surface area contributed by atoms with Crippen molar-refractivity contribution in [1.29, 1.82) is 0 Å². The summed E-state index contributed by atoms with van der Waals surface area (Å²) in [6, 6.07) is 11.5. The number of sulfone groups is 1. The molecule has 4 N–H and O–H groups in total. The van der Waals surface area contributed by atoms with Crippen molar-refractivity contribution in [3.63, 3.8) is 0 Å². The predicted octanol–water partition coefficient (Wildman–Crippen LogP) is 3.78. The van der Waals surface area contributed by atoms with Crippen molar-refractivity contribution in [3.05, 3.63) is 116 Å². The monoisotopic (exact) mass is 666 g/mol. The number of benzene rings is 2. The summed E-state index contributed by atoms with van der Waals surface area (Å²) in [5, 5.41) is 5.44. The zero-order chi connectivity index (χ0) is 31.2. The largest absolute Gasteiger partial charge is 0.416 e. The van der Waals surface area contributed by atoms with Crippen LogP contribution in [-0.4, -0.2) is 37.6 Å². The van der Waals surface area contributed by atoms with Gasteiger partial charge in [-0.25, -0.2) is 8.42 Å². The molecule has 9 nitrogen and oxygen atoms in total. The topological polar surface area (TPSA) is 140 Å². The van der Waals surface area contributed by atoms with Gasteiger partial charge in [0.2, 0.25) is 5.91 Å². The summed E-state index contributed by atoms with van der Waals surface area (Å²) in [6.07, 6.45) is 1.72. The van der Waals surface area contributed by atoms with E-state index in [1.54, 1.807) is 25.3 Å². The number of aromatic nitrogens is 1. The number of nitrogens with zero attached hydrogens (tertiary/aromatic N) is 1. The van der Waals surface area contributed by atoms with Crippen LogP contribution in [0.4, 0.5) is 13.2 Å². The quantitative estimate of drug-likeness (QED) is 0.366. The number of primary amides is 1. The number of amides is 2. The number of rotatable bonds is 6. The van der Waals surface area contributed by atoms with Crippen LogP contribution in [0.2, 0.25) is 0 Å². The molecule has 42 heavy (non-hydrogen) atoms. The zero-order valence-corrected chi connectivity index (χ0v) is 24.7. The van der Waals surface area contributed by atoms with Crippen molar-refractivity contribution in [1.82, 2.24) is 15.2 Å². The summed E-state index contributed by atoms with van der Waals surface area (Å²) in [7, 11) is -3.43. The van der Waals surface area contributed by atoms with Gasteiger partial charge in [0.1, 0.15) is 5.56 Å². The van der Waals surface area contributed by atoms with E-state index in [0.717, 1.165) is 23.0 Å². The van der Waals surface area contributed by atoms with Crippen LogP contribution in [-0.2, 0) is 27.4 Å². The van der Waals surface area contributed by atoms with Gasteiger partial charge in [-0.2, -0.15) is 13.2 Å². The van der Waals surface area contributed by atoms with Crippen LogP contribution in [0.25, 0.3) is 5.69 Å². The van der Waals surface area contributed by atoms with Gasteiger partial charge in [0.25, 0.3) is 11.5 Å². The van der Waals surface area contributed by atoms with Crippen molar-refractivity contribution >= 4 is 37.6 Å². The van der Waals surface area contributed by atoms with Gasteiger partial charge >= 0.3 is 6.18 Å². The van der Waals surface area contributed by atoms with Gasteiger partial charge in [-0.3, -0.25) is 19.0 Å². The molecule has 0 saturated heterocycles. The third kappa shape index (κ3) is 8.19. The molecule has 0 spiro atoms. The Morgan fingerprint density at radius 1 is 1.12 bits per heavy atom. The Kier molecular flexibility index (Phi) is 10.2. The summed E-state index contributed by atoms with van der Waals surface area (Å²) in [5.74, 6) is -1.07. The Balaban J connectivity index is 0.000000458. The number of pyridine rings is 1. The minimum absolute atomic E-state index is 0.00164. The molecule has 0 atom stereocenters. The van der Waals surface area contributed by atoms with Crippen LogP contribution < -0.4 is 21.9 Å². The lowest BCUT2D eigenvalue weighted by molar-refractivity contribution is -0.137. The van der Waals surface area contributed by atoms with Crippen molar-refractivity contribution in [2.24, 2.45) is 5.73 Å². The number of halogens is 4. The Hall–Kier alpha value is -4.17. The molecular formula is C28H26BrF3N4O5S. The van der Waals surface area contributed by atoms with Gasteiger partial charge in [-0.1, -0.05) is 18.2 Å². The highest BCUT2D eigenvalue weighted by Gasteiger charge is 2.30. The maximum atomic E-state index is 13.1. The molecule has 0 saturated carbocycles. The summed E-state index contributed by atoms with van der Waals surface area (Å²) in [5.41, 5.74) is 4.61. The number of carbonyl (C=O) groups excluding carboxylic acids is 2. The molecule has 0 fully saturated rings. The zero-order valence-electron chi connectivity index (χ0n) is 22.3. The van der Waals surface area contributed by atoms with Gasteiger partial charge in [0, 0.05) is 40.8 Å². The van der Waals surface area contributed by atoms with E-state index in [4.69, 9.17) is 5.73 Å². The van der Waals surface area contributed by atoms with Crippen LogP contribution in [0, 0.1) is 6.92 Å². The lowest BCUT2D eigenvalue weighted by Gasteiger charge is -2.14. The molecule has 0 bridgehead atoms. The predicted molar refractivity (Wildman–Crippen MR) is 155 cm³/mol. The fourth-order valence-electron chi connectivity index (χ4n) is 3.81. The van der Waals surface area contributed by atoms with Crippen LogP contribution in [0.5, 0.6) is 0 Å². The third-order valence-electron chi connectivity index (χ3n) is 5.92. The molecule has 2 amide bonds. The maximum Gasteiger partial charge on any atom is 0.416 e. The fourth-order valence-corrected chi connectivity index (χ4v) is 5.84. The number of hydrogen-bond donors (Lipinski definition) is 3. The minimum Gasteiger partial charge on any atom is -0.387 e. The van der Waals surface area contributed by atoms with Gasteiger partial charge in [-0.15, -0.1) is 0 Å². The average molecular weight is 668 g/mol. The fraction of sp³-hybridized carbons (Fsp3) is 0.179. The van der Waals surface area contributed by atoms with Gasteiger partial charge < -0.3 is 16.4 Å². The van der Waals surface area contributed by atoms with Crippen molar-refractivity contribution in [2.45, 2.75) is 24.5 Å². The van der Waals surface area contributed by atoms with E-state index in [0.29, 0.717) is 27.8 Å². The van der Waals surface area contributed by atoms with Crippen LogP contribution in [0.3, 0.4) is 0 Å². The first-order valence-electron chi connectivity index (χ1n) is 12.2. The molecule has 3 aromatic rings. The van der Waals surface area contributed by atoms with Gasteiger partial charge in [0.05, 0.1) is 10.5 Å². The number of carbonyl (C=O) groups is 2. The average Bonchev–Trinajstić information content (AvgIpc) is 2.92. The Morgan fingerprint density at radius 3 is 2.38 bits per heavy atom. The molecule has 1 aliphatic heterocycles. The summed E-state index contributed by atoms with van der Waals surface area (Å²) in [6.45, 7) is 2.09. The molecule has 222 valence electrons. The molecule has 1 aromatic heterocycles. The van der Waals surface area contributed by atoms with E-state index in [-0.39, 0.29) is 28.6 Å². The highest BCUT2D eigenvalue weighted by molar-refractivity contribution is 9.10. The van der Waals surface area contributed by atoms with E-state index in [9.17, 15) is 36.0 Å². The molecule has 2 heterocycles. The van der Waals surface area contributed by atoms with E-state index in [1.165, 1.54) is 42.5 Å². The van der Waals surface area contributed by atoms with Crippen LogP contribution in [0.1, 0.15) is 27.2 Å². The van der Waals surface area contributed by atoms with E-state index < -0.39 is 33.0 Å². The molecule has 0 radical (unpaired) electrons. The first kappa shape index (κ1) is 32.3. The van der Waals surface area contributed by atoms with Crippen molar-refractivity contribution in [2.75, 3.05) is 12.8 Å². The summed E-state index contributed by atoms with van der Waals surface area (Å²) < 4.78 is 64.0. The van der Waals surface area contributed by atoms with Gasteiger partial charge in [-0.05, 0) is 83.2 Å². The number of nitrogens with one attached hydrogen (secondary N) is 2. The second-order valence-corrected chi connectivity index (χ2v) is 11.9. The number of allylic oxidation sites excluding steroid dienone is 2. The molecule has 14 heteroatoms.